The second-order valence-corrected chi connectivity index (χ2v) is 6.24. The zero-order valence-corrected chi connectivity index (χ0v) is 13.9. The monoisotopic (exact) mass is 307 g/mol. The van der Waals surface area contributed by atoms with E-state index in [2.05, 4.69) is 5.32 Å². The highest BCUT2D eigenvalue weighted by molar-refractivity contribution is 5.86. The summed E-state index contributed by atoms with van der Waals surface area (Å²) in [5, 5.41) is 2.57. The summed E-state index contributed by atoms with van der Waals surface area (Å²) in [5.41, 5.74) is 0.397. The average Bonchev–Trinajstić information content (AvgIpc) is 2.41. The predicted molar refractivity (Wildman–Crippen MR) is 84.5 cm³/mol. The Balaban J connectivity index is 2.58. The first kappa shape index (κ1) is 18.2. The first-order valence-electron chi connectivity index (χ1n) is 7.34. The number of ketones is 1. The molecule has 122 valence electrons. The molecule has 1 N–H and O–H groups in total. The van der Waals surface area contributed by atoms with Crippen molar-refractivity contribution in [3.63, 3.8) is 0 Å². The fraction of sp³-hybridized carbons (Fsp3) is 0.529. The van der Waals surface area contributed by atoms with Crippen LogP contribution in [0.25, 0.3) is 0 Å². The summed E-state index contributed by atoms with van der Waals surface area (Å²) in [6.45, 7) is 8.86. The highest BCUT2D eigenvalue weighted by Crippen LogP contribution is 2.10. The first-order valence-corrected chi connectivity index (χ1v) is 7.34. The number of amides is 1. The van der Waals surface area contributed by atoms with Crippen LogP contribution in [0.2, 0.25) is 0 Å². The molecular weight excluding hydrogens is 282 g/mol. The van der Waals surface area contributed by atoms with Gasteiger partial charge in [-0.1, -0.05) is 30.3 Å². The molecule has 2 atom stereocenters. The Bertz CT molecular complexity index is 493. The zero-order valence-electron chi connectivity index (χ0n) is 13.9. The molecule has 0 saturated carbocycles. The molecule has 0 aliphatic rings. The molecule has 1 aromatic rings. The van der Waals surface area contributed by atoms with E-state index in [0.717, 1.165) is 5.56 Å². The van der Waals surface area contributed by atoms with E-state index in [1.54, 1.807) is 27.7 Å². The number of benzene rings is 1. The maximum absolute atomic E-state index is 11.8. The van der Waals surface area contributed by atoms with Crippen molar-refractivity contribution in [2.24, 2.45) is 0 Å². The second-order valence-electron chi connectivity index (χ2n) is 6.24. The number of hydrogen-bond acceptors (Lipinski definition) is 4. The van der Waals surface area contributed by atoms with Gasteiger partial charge in [-0.05, 0) is 40.2 Å². The summed E-state index contributed by atoms with van der Waals surface area (Å²) in [4.78, 5) is 23.6. The van der Waals surface area contributed by atoms with Gasteiger partial charge in [0.2, 0.25) is 0 Å². The number of ether oxygens (including phenoxy) is 2. The van der Waals surface area contributed by atoms with Crippen molar-refractivity contribution in [1.29, 1.82) is 0 Å². The fourth-order valence-corrected chi connectivity index (χ4v) is 1.88. The molecule has 5 nitrogen and oxygen atoms in total. The highest BCUT2D eigenvalue weighted by Gasteiger charge is 2.27. The minimum Gasteiger partial charge on any atom is -0.444 e. The molecule has 1 amide bonds. The highest BCUT2D eigenvalue weighted by atomic mass is 16.6. The third kappa shape index (κ3) is 6.72. The van der Waals surface area contributed by atoms with Crippen LogP contribution >= 0.6 is 0 Å². The van der Waals surface area contributed by atoms with Crippen LogP contribution in [0, 0.1) is 0 Å². The van der Waals surface area contributed by atoms with Crippen LogP contribution in [0.15, 0.2) is 30.3 Å². The van der Waals surface area contributed by atoms with Crippen LogP contribution in [0.3, 0.4) is 0 Å². The van der Waals surface area contributed by atoms with Gasteiger partial charge in [0.25, 0.3) is 0 Å². The van der Waals surface area contributed by atoms with Gasteiger partial charge in [0.05, 0.1) is 12.7 Å². The van der Waals surface area contributed by atoms with Gasteiger partial charge in [0.1, 0.15) is 11.6 Å². The first-order chi connectivity index (χ1) is 10.2. The van der Waals surface area contributed by atoms with E-state index >= 15 is 0 Å². The van der Waals surface area contributed by atoms with E-state index in [9.17, 15) is 9.59 Å². The van der Waals surface area contributed by atoms with E-state index in [1.807, 2.05) is 30.3 Å². The van der Waals surface area contributed by atoms with Crippen LogP contribution in [-0.2, 0) is 20.9 Å². The molecule has 0 spiro atoms. The van der Waals surface area contributed by atoms with E-state index in [4.69, 9.17) is 9.47 Å². The van der Waals surface area contributed by atoms with Crippen molar-refractivity contribution in [3.8, 4) is 0 Å². The lowest BCUT2D eigenvalue weighted by atomic mass is 10.1. The van der Waals surface area contributed by atoms with Crippen LogP contribution in [0.5, 0.6) is 0 Å². The number of alkyl carbamates (subject to hydrolysis) is 1. The van der Waals surface area contributed by atoms with Gasteiger partial charge in [-0.15, -0.1) is 0 Å². The molecule has 0 saturated heterocycles. The summed E-state index contributed by atoms with van der Waals surface area (Å²) < 4.78 is 10.9. The Labute approximate surface area is 132 Å². The second kappa shape index (κ2) is 7.94. The lowest BCUT2D eigenvalue weighted by molar-refractivity contribution is -0.123. The summed E-state index contributed by atoms with van der Waals surface area (Å²) in [5.74, 6) is -0.175. The molecule has 0 aliphatic carbocycles. The van der Waals surface area contributed by atoms with Crippen molar-refractivity contribution in [1.82, 2.24) is 5.32 Å². The van der Waals surface area contributed by atoms with Crippen molar-refractivity contribution < 1.29 is 19.1 Å². The van der Waals surface area contributed by atoms with E-state index < -0.39 is 23.8 Å². The van der Waals surface area contributed by atoms with E-state index in [0.29, 0.717) is 6.61 Å². The maximum Gasteiger partial charge on any atom is 0.408 e. The Morgan fingerprint density at radius 1 is 1.18 bits per heavy atom. The van der Waals surface area contributed by atoms with Crippen LogP contribution in [0.1, 0.15) is 40.2 Å². The molecule has 22 heavy (non-hydrogen) atoms. The summed E-state index contributed by atoms with van der Waals surface area (Å²) in [6, 6.07) is 8.91. The van der Waals surface area contributed by atoms with Gasteiger partial charge in [0, 0.05) is 0 Å². The number of hydrogen-bond donors (Lipinski definition) is 1. The quantitative estimate of drug-likeness (QED) is 0.877. The van der Waals surface area contributed by atoms with Gasteiger partial charge in [-0.3, -0.25) is 4.79 Å². The van der Waals surface area contributed by atoms with Crippen LogP contribution in [0.4, 0.5) is 4.79 Å². The SMILES string of the molecule is CC(=O)C(NC(=O)OC(C)(C)C)C(C)OCc1ccccc1. The molecular formula is C17H25NO4. The number of carbonyl (C=O) groups excluding carboxylic acids is 2. The summed E-state index contributed by atoms with van der Waals surface area (Å²) >= 11 is 0. The van der Waals surface area contributed by atoms with Gasteiger partial charge in [-0.2, -0.15) is 0 Å². The summed E-state index contributed by atoms with van der Waals surface area (Å²) in [7, 11) is 0. The molecule has 0 aliphatic heterocycles. The fourth-order valence-electron chi connectivity index (χ4n) is 1.88. The Morgan fingerprint density at radius 2 is 1.77 bits per heavy atom. The minimum atomic E-state index is -0.737. The molecule has 0 aromatic heterocycles. The molecule has 0 fully saturated rings. The van der Waals surface area contributed by atoms with Crippen LogP contribution in [-0.4, -0.2) is 29.6 Å². The Hall–Kier alpha value is -1.88. The van der Waals surface area contributed by atoms with E-state index in [1.165, 1.54) is 6.92 Å². The van der Waals surface area contributed by atoms with Gasteiger partial charge >= 0.3 is 6.09 Å². The Morgan fingerprint density at radius 3 is 2.27 bits per heavy atom. The number of Topliss-reactive ketones (excluding diaryl/α,β-unsaturated/α-hetero) is 1. The predicted octanol–water partition coefficient (Wildman–Crippen LogP) is 3.07. The van der Waals surface area contributed by atoms with Gasteiger partial charge in [-0.25, -0.2) is 4.79 Å². The smallest absolute Gasteiger partial charge is 0.408 e. The molecule has 2 unspecified atom stereocenters. The molecule has 0 heterocycles. The van der Waals surface area contributed by atoms with Crippen molar-refractivity contribution in [3.05, 3.63) is 35.9 Å². The number of rotatable bonds is 6. The number of nitrogens with one attached hydrogen (secondary N) is 1. The normalized spacial score (nSPS) is 14.0. The lowest BCUT2D eigenvalue weighted by Gasteiger charge is -2.26. The average molecular weight is 307 g/mol. The molecule has 1 aromatic carbocycles. The number of carbonyl (C=O) groups is 2. The van der Waals surface area contributed by atoms with Gasteiger partial charge < -0.3 is 14.8 Å². The third-order valence-corrected chi connectivity index (χ3v) is 2.94. The largest absolute Gasteiger partial charge is 0.444 e. The van der Waals surface area contributed by atoms with Crippen molar-refractivity contribution in [2.75, 3.05) is 0 Å². The van der Waals surface area contributed by atoms with Crippen LogP contribution < -0.4 is 5.32 Å². The zero-order chi connectivity index (χ0) is 16.8. The maximum atomic E-state index is 11.8. The molecule has 5 heteroatoms. The molecule has 0 bridgehead atoms. The minimum absolute atomic E-state index is 0.175. The van der Waals surface area contributed by atoms with Crippen molar-refractivity contribution in [2.45, 2.75) is 59.0 Å². The van der Waals surface area contributed by atoms with E-state index in [-0.39, 0.29) is 5.78 Å². The Kier molecular flexibility index (Phi) is 6.56. The van der Waals surface area contributed by atoms with Gasteiger partial charge in [0.15, 0.2) is 5.78 Å². The topological polar surface area (TPSA) is 64.6 Å². The molecule has 0 radical (unpaired) electrons. The third-order valence-electron chi connectivity index (χ3n) is 2.94. The standard InChI is InChI=1S/C17H25NO4/c1-12(19)15(18-16(20)22-17(3,4)5)13(2)21-11-14-9-7-6-8-10-14/h6-10,13,15H,11H2,1-5H3,(H,18,20). The lowest BCUT2D eigenvalue weighted by Crippen LogP contribution is -2.49. The van der Waals surface area contributed by atoms with Crippen molar-refractivity contribution >= 4 is 11.9 Å². The molecule has 1 rings (SSSR count). The summed E-state index contributed by atoms with van der Waals surface area (Å²) in [6.07, 6.45) is -1.08.